The zero-order valence-electron chi connectivity index (χ0n) is 12.3. The Bertz CT molecular complexity index is 490. The molecule has 20 heavy (non-hydrogen) atoms. The van der Waals surface area contributed by atoms with E-state index in [0.29, 0.717) is 23.8 Å². The number of rotatable bonds is 3. The van der Waals surface area contributed by atoms with Gasteiger partial charge in [0.2, 0.25) is 0 Å². The van der Waals surface area contributed by atoms with Crippen molar-refractivity contribution < 1.29 is 4.79 Å². The smallest absolute Gasteiger partial charge is 0.272 e. The highest BCUT2D eigenvalue weighted by atomic mass is 16.2. The lowest BCUT2D eigenvalue weighted by Crippen LogP contribution is -2.50. The minimum Gasteiger partial charge on any atom is -0.334 e. The molecule has 1 aromatic rings. The normalized spacial score (nSPS) is 28.4. The molecule has 1 aromatic heterocycles. The van der Waals surface area contributed by atoms with Crippen molar-refractivity contribution >= 4 is 5.91 Å². The predicted octanol–water partition coefficient (Wildman–Crippen LogP) is 2.14. The summed E-state index contributed by atoms with van der Waals surface area (Å²) in [4.78, 5) is 19.1. The number of nitrogens with zero attached hydrogens (tertiary/aromatic N) is 2. The lowest BCUT2D eigenvalue weighted by Gasteiger charge is -2.37. The molecule has 0 aliphatic carbocycles. The maximum atomic E-state index is 12.7. The van der Waals surface area contributed by atoms with E-state index in [4.69, 9.17) is 0 Å². The summed E-state index contributed by atoms with van der Waals surface area (Å²) in [5.41, 5.74) is 1.48. The molecule has 4 heteroatoms. The maximum absolute atomic E-state index is 12.7. The number of carbonyl (C=O) groups is 1. The number of aryl methyl sites for hydroxylation is 1. The Balaban J connectivity index is 1.77. The molecule has 0 spiro atoms. The summed E-state index contributed by atoms with van der Waals surface area (Å²) in [6, 6.07) is 7.24. The van der Waals surface area contributed by atoms with Gasteiger partial charge in [-0.15, -0.1) is 0 Å². The first-order valence-corrected chi connectivity index (χ1v) is 7.68. The second kappa shape index (κ2) is 5.52. The lowest BCUT2D eigenvalue weighted by atomic mass is 9.97. The van der Waals surface area contributed by atoms with E-state index >= 15 is 0 Å². The van der Waals surface area contributed by atoms with E-state index in [1.807, 2.05) is 30.0 Å². The van der Waals surface area contributed by atoms with Gasteiger partial charge in [0.15, 0.2) is 0 Å². The molecule has 0 saturated carbocycles. The van der Waals surface area contributed by atoms with Crippen molar-refractivity contribution in [2.75, 3.05) is 6.54 Å². The molecule has 1 N–H and O–H groups in total. The van der Waals surface area contributed by atoms with Crippen LogP contribution in [0.2, 0.25) is 0 Å². The first-order valence-electron chi connectivity index (χ1n) is 7.68. The number of hydrogen-bond acceptors (Lipinski definition) is 3. The number of amides is 1. The molecule has 2 aliphatic heterocycles. The largest absolute Gasteiger partial charge is 0.334 e. The summed E-state index contributed by atoms with van der Waals surface area (Å²) in [5, 5.41) is 3.63. The third-order valence-corrected chi connectivity index (χ3v) is 4.60. The molecule has 2 aliphatic rings. The van der Waals surface area contributed by atoms with Crippen LogP contribution >= 0.6 is 0 Å². The second-order valence-electron chi connectivity index (χ2n) is 6.02. The molecule has 2 fully saturated rings. The van der Waals surface area contributed by atoms with Gasteiger partial charge < -0.3 is 10.2 Å². The van der Waals surface area contributed by atoms with E-state index in [9.17, 15) is 4.79 Å². The van der Waals surface area contributed by atoms with Crippen molar-refractivity contribution in [3.8, 4) is 0 Å². The van der Waals surface area contributed by atoms with Gasteiger partial charge in [-0.25, -0.2) is 4.98 Å². The Labute approximate surface area is 120 Å². The number of aromatic nitrogens is 1. The standard InChI is InChI=1S/C16H23N3O/c1-3-19(14-9-12-7-8-13(10-14)18-12)16(20)15-6-4-5-11(2)17-15/h4-6,12-14,18H,3,7-10H2,1-2H3. The molecule has 108 valence electrons. The van der Waals surface area contributed by atoms with E-state index in [0.717, 1.165) is 25.1 Å². The van der Waals surface area contributed by atoms with Crippen molar-refractivity contribution in [2.24, 2.45) is 0 Å². The minimum atomic E-state index is 0.0856. The summed E-state index contributed by atoms with van der Waals surface area (Å²) in [7, 11) is 0. The van der Waals surface area contributed by atoms with E-state index in [-0.39, 0.29) is 5.91 Å². The molecule has 2 saturated heterocycles. The topological polar surface area (TPSA) is 45.2 Å². The van der Waals surface area contributed by atoms with Crippen LogP contribution < -0.4 is 5.32 Å². The highest BCUT2D eigenvalue weighted by Gasteiger charge is 2.37. The predicted molar refractivity (Wildman–Crippen MR) is 78.7 cm³/mol. The Morgan fingerprint density at radius 3 is 2.65 bits per heavy atom. The minimum absolute atomic E-state index is 0.0856. The van der Waals surface area contributed by atoms with Crippen LogP contribution in [0.3, 0.4) is 0 Å². The lowest BCUT2D eigenvalue weighted by molar-refractivity contribution is 0.0625. The number of fused-ring (bicyclic) bond motifs is 2. The van der Waals surface area contributed by atoms with Crippen LogP contribution in [0.4, 0.5) is 0 Å². The Morgan fingerprint density at radius 2 is 2.05 bits per heavy atom. The van der Waals surface area contributed by atoms with E-state index in [2.05, 4.69) is 17.2 Å². The molecule has 2 unspecified atom stereocenters. The third-order valence-electron chi connectivity index (χ3n) is 4.60. The van der Waals surface area contributed by atoms with Gasteiger partial charge in [0.05, 0.1) is 0 Å². The van der Waals surface area contributed by atoms with Crippen molar-refractivity contribution in [1.82, 2.24) is 15.2 Å². The van der Waals surface area contributed by atoms with Gasteiger partial charge in [0.1, 0.15) is 5.69 Å². The number of pyridine rings is 1. The number of nitrogens with one attached hydrogen (secondary N) is 1. The highest BCUT2D eigenvalue weighted by Crippen LogP contribution is 2.30. The van der Waals surface area contributed by atoms with Gasteiger partial charge in [-0.05, 0) is 51.7 Å². The van der Waals surface area contributed by atoms with Crippen LogP contribution in [0.25, 0.3) is 0 Å². The summed E-state index contributed by atoms with van der Waals surface area (Å²) in [5.74, 6) is 0.0856. The van der Waals surface area contributed by atoms with Crippen LogP contribution in [0.15, 0.2) is 18.2 Å². The summed E-state index contributed by atoms with van der Waals surface area (Å²) in [6.07, 6.45) is 4.69. The average molecular weight is 273 g/mol. The van der Waals surface area contributed by atoms with E-state index in [1.54, 1.807) is 0 Å². The first kappa shape index (κ1) is 13.6. The van der Waals surface area contributed by atoms with Crippen LogP contribution in [-0.2, 0) is 0 Å². The number of piperidine rings is 1. The summed E-state index contributed by atoms with van der Waals surface area (Å²) in [6.45, 7) is 4.76. The fourth-order valence-corrected chi connectivity index (χ4v) is 3.66. The van der Waals surface area contributed by atoms with Gasteiger partial charge in [-0.1, -0.05) is 6.07 Å². The zero-order valence-corrected chi connectivity index (χ0v) is 12.3. The van der Waals surface area contributed by atoms with Crippen LogP contribution in [0.5, 0.6) is 0 Å². The molecule has 3 rings (SSSR count). The SMILES string of the molecule is CCN(C(=O)c1cccc(C)n1)C1CC2CCC(C1)N2. The van der Waals surface area contributed by atoms with Crippen molar-refractivity contribution in [3.05, 3.63) is 29.6 Å². The van der Waals surface area contributed by atoms with Crippen molar-refractivity contribution in [2.45, 2.75) is 57.7 Å². The van der Waals surface area contributed by atoms with Gasteiger partial charge in [0, 0.05) is 30.4 Å². The Morgan fingerprint density at radius 1 is 1.35 bits per heavy atom. The molecular formula is C16H23N3O. The molecule has 2 bridgehead atoms. The highest BCUT2D eigenvalue weighted by molar-refractivity contribution is 5.92. The van der Waals surface area contributed by atoms with Gasteiger partial charge >= 0.3 is 0 Å². The summed E-state index contributed by atoms with van der Waals surface area (Å²) >= 11 is 0. The molecule has 1 amide bonds. The molecule has 0 radical (unpaired) electrons. The maximum Gasteiger partial charge on any atom is 0.272 e. The van der Waals surface area contributed by atoms with E-state index in [1.165, 1.54) is 12.8 Å². The fourth-order valence-electron chi connectivity index (χ4n) is 3.66. The van der Waals surface area contributed by atoms with E-state index < -0.39 is 0 Å². The van der Waals surface area contributed by atoms with Gasteiger partial charge in [0.25, 0.3) is 5.91 Å². The fraction of sp³-hybridized carbons (Fsp3) is 0.625. The van der Waals surface area contributed by atoms with Crippen LogP contribution in [0, 0.1) is 6.92 Å². The van der Waals surface area contributed by atoms with Crippen molar-refractivity contribution in [1.29, 1.82) is 0 Å². The van der Waals surface area contributed by atoms with Crippen LogP contribution in [-0.4, -0.2) is 40.5 Å². The van der Waals surface area contributed by atoms with Crippen LogP contribution in [0.1, 0.15) is 48.8 Å². The second-order valence-corrected chi connectivity index (χ2v) is 6.02. The Kier molecular flexibility index (Phi) is 3.74. The van der Waals surface area contributed by atoms with Crippen molar-refractivity contribution in [3.63, 3.8) is 0 Å². The zero-order chi connectivity index (χ0) is 14.1. The molecule has 2 atom stereocenters. The average Bonchev–Trinajstić information content (AvgIpc) is 2.78. The Hall–Kier alpha value is -1.42. The molecular weight excluding hydrogens is 250 g/mol. The molecule has 3 heterocycles. The quantitative estimate of drug-likeness (QED) is 0.917. The first-order chi connectivity index (χ1) is 9.67. The summed E-state index contributed by atoms with van der Waals surface area (Å²) < 4.78 is 0. The third kappa shape index (κ3) is 2.57. The van der Waals surface area contributed by atoms with Gasteiger partial charge in [-0.3, -0.25) is 4.79 Å². The number of carbonyl (C=O) groups excluding carboxylic acids is 1. The molecule has 4 nitrogen and oxygen atoms in total. The van der Waals surface area contributed by atoms with Gasteiger partial charge in [-0.2, -0.15) is 0 Å². The monoisotopic (exact) mass is 273 g/mol. The molecule has 0 aromatic carbocycles. The number of hydrogen-bond donors (Lipinski definition) is 1.